The molecular formula is C12H16O5. The zero-order valence-corrected chi connectivity index (χ0v) is 10.3. The molecule has 0 unspecified atom stereocenters. The molecule has 0 fully saturated rings. The minimum atomic E-state index is -1.29. The first-order chi connectivity index (χ1) is 7.90. The number of aliphatic carboxylic acids is 1. The Morgan fingerprint density at radius 1 is 1.18 bits per heavy atom. The fourth-order valence-electron chi connectivity index (χ4n) is 1.22. The molecular weight excluding hydrogens is 224 g/mol. The van der Waals surface area contributed by atoms with E-state index in [9.17, 15) is 4.79 Å². The van der Waals surface area contributed by atoms with E-state index in [1.807, 2.05) is 0 Å². The fraction of sp³-hybridized carbons (Fsp3) is 0.417. The van der Waals surface area contributed by atoms with Gasteiger partial charge in [0, 0.05) is 6.07 Å². The minimum Gasteiger partial charge on any atom is -0.493 e. The molecule has 5 nitrogen and oxygen atoms in total. The van der Waals surface area contributed by atoms with Gasteiger partial charge in [0.05, 0.1) is 14.2 Å². The summed E-state index contributed by atoms with van der Waals surface area (Å²) in [5, 5.41) is 8.95. The molecule has 0 aliphatic carbocycles. The Hall–Kier alpha value is -1.91. The summed E-state index contributed by atoms with van der Waals surface area (Å²) < 4.78 is 15.5. The second kappa shape index (κ2) is 4.95. The van der Waals surface area contributed by atoms with Crippen LogP contribution in [0, 0.1) is 0 Å². The number of ether oxygens (including phenoxy) is 3. The standard InChI is InChI=1S/C12H16O5/c1-12(2,11(13)14)17-8-5-6-9(15-3)10(7-8)16-4/h5-7H,1-4H3,(H,13,14). The van der Waals surface area contributed by atoms with Crippen LogP contribution < -0.4 is 14.2 Å². The number of methoxy groups -OCH3 is 2. The van der Waals surface area contributed by atoms with Crippen molar-refractivity contribution in [1.29, 1.82) is 0 Å². The topological polar surface area (TPSA) is 65.0 Å². The van der Waals surface area contributed by atoms with Gasteiger partial charge in [-0.2, -0.15) is 0 Å². The van der Waals surface area contributed by atoms with Gasteiger partial charge >= 0.3 is 5.97 Å². The summed E-state index contributed by atoms with van der Waals surface area (Å²) in [6, 6.07) is 4.88. The molecule has 0 atom stereocenters. The van der Waals surface area contributed by atoms with E-state index in [1.165, 1.54) is 28.1 Å². The smallest absolute Gasteiger partial charge is 0.347 e. The highest BCUT2D eigenvalue weighted by Crippen LogP contribution is 2.32. The zero-order chi connectivity index (χ0) is 13.1. The maximum Gasteiger partial charge on any atom is 0.347 e. The number of carbonyl (C=O) groups is 1. The number of benzene rings is 1. The van der Waals surface area contributed by atoms with Crippen LogP contribution in [-0.2, 0) is 4.79 Å². The van der Waals surface area contributed by atoms with Crippen LogP contribution in [0.2, 0.25) is 0 Å². The third-order valence-electron chi connectivity index (χ3n) is 2.24. The van der Waals surface area contributed by atoms with E-state index in [0.29, 0.717) is 17.2 Å². The first kappa shape index (κ1) is 13.2. The van der Waals surface area contributed by atoms with Crippen molar-refractivity contribution >= 4 is 5.97 Å². The predicted molar refractivity (Wildman–Crippen MR) is 61.9 cm³/mol. The van der Waals surface area contributed by atoms with Crippen molar-refractivity contribution in [3.05, 3.63) is 18.2 Å². The van der Waals surface area contributed by atoms with Gasteiger partial charge in [-0.05, 0) is 26.0 Å². The maximum absolute atomic E-state index is 10.9. The van der Waals surface area contributed by atoms with Crippen LogP contribution in [0.5, 0.6) is 17.2 Å². The Morgan fingerprint density at radius 3 is 2.24 bits per heavy atom. The van der Waals surface area contributed by atoms with Crippen LogP contribution in [0.3, 0.4) is 0 Å². The fourth-order valence-corrected chi connectivity index (χ4v) is 1.22. The quantitative estimate of drug-likeness (QED) is 0.852. The van der Waals surface area contributed by atoms with Crippen molar-refractivity contribution in [2.75, 3.05) is 14.2 Å². The SMILES string of the molecule is COc1ccc(OC(C)(C)C(=O)O)cc1OC. The summed E-state index contributed by atoms with van der Waals surface area (Å²) in [4.78, 5) is 10.9. The Bertz CT molecular complexity index is 411. The molecule has 0 saturated carbocycles. The van der Waals surface area contributed by atoms with Crippen molar-refractivity contribution in [3.8, 4) is 17.2 Å². The molecule has 1 aromatic carbocycles. The average Bonchev–Trinajstić information content (AvgIpc) is 2.28. The zero-order valence-electron chi connectivity index (χ0n) is 10.3. The molecule has 0 aliphatic rings. The normalized spacial score (nSPS) is 10.8. The average molecular weight is 240 g/mol. The molecule has 0 amide bonds. The molecule has 17 heavy (non-hydrogen) atoms. The molecule has 1 aromatic rings. The molecule has 0 bridgehead atoms. The van der Waals surface area contributed by atoms with Crippen LogP contribution in [0.25, 0.3) is 0 Å². The van der Waals surface area contributed by atoms with Gasteiger partial charge in [-0.3, -0.25) is 0 Å². The monoisotopic (exact) mass is 240 g/mol. The van der Waals surface area contributed by atoms with Gasteiger partial charge in [-0.25, -0.2) is 4.79 Å². The molecule has 5 heteroatoms. The number of hydrogen-bond donors (Lipinski definition) is 1. The summed E-state index contributed by atoms with van der Waals surface area (Å²) in [6.45, 7) is 2.96. The Kier molecular flexibility index (Phi) is 3.83. The summed E-state index contributed by atoms with van der Waals surface area (Å²) in [5.74, 6) is 0.432. The number of hydrogen-bond acceptors (Lipinski definition) is 4. The highest BCUT2D eigenvalue weighted by molar-refractivity contribution is 5.76. The first-order valence-corrected chi connectivity index (χ1v) is 5.05. The lowest BCUT2D eigenvalue weighted by atomic mass is 10.1. The van der Waals surface area contributed by atoms with Gasteiger partial charge in [-0.15, -0.1) is 0 Å². The number of carboxylic acid groups (broad SMARTS) is 1. The van der Waals surface area contributed by atoms with Crippen molar-refractivity contribution in [2.24, 2.45) is 0 Å². The molecule has 0 heterocycles. The first-order valence-electron chi connectivity index (χ1n) is 5.05. The van der Waals surface area contributed by atoms with Gasteiger partial charge in [0.25, 0.3) is 0 Å². The third kappa shape index (κ3) is 3.03. The molecule has 1 N–H and O–H groups in total. The van der Waals surface area contributed by atoms with Crippen LogP contribution >= 0.6 is 0 Å². The van der Waals surface area contributed by atoms with Gasteiger partial charge in [0.15, 0.2) is 17.1 Å². The van der Waals surface area contributed by atoms with E-state index < -0.39 is 11.6 Å². The lowest BCUT2D eigenvalue weighted by Gasteiger charge is -2.22. The number of carboxylic acids is 1. The lowest BCUT2D eigenvalue weighted by Crippen LogP contribution is -2.37. The molecule has 0 radical (unpaired) electrons. The predicted octanol–water partition coefficient (Wildman–Crippen LogP) is 1.95. The Balaban J connectivity index is 2.97. The highest BCUT2D eigenvalue weighted by Gasteiger charge is 2.29. The summed E-state index contributed by atoms with van der Waals surface area (Å²) in [7, 11) is 3.03. The second-order valence-corrected chi connectivity index (χ2v) is 3.93. The maximum atomic E-state index is 10.9. The summed E-state index contributed by atoms with van der Waals surface area (Å²) in [5.41, 5.74) is -1.29. The van der Waals surface area contributed by atoms with Crippen molar-refractivity contribution in [1.82, 2.24) is 0 Å². The van der Waals surface area contributed by atoms with Crippen LogP contribution in [0.15, 0.2) is 18.2 Å². The molecule has 0 aliphatic heterocycles. The summed E-state index contributed by atoms with van der Waals surface area (Å²) in [6.07, 6.45) is 0. The van der Waals surface area contributed by atoms with E-state index >= 15 is 0 Å². The van der Waals surface area contributed by atoms with Crippen molar-refractivity contribution < 1.29 is 24.1 Å². The number of rotatable bonds is 5. The van der Waals surface area contributed by atoms with E-state index in [2.05, 4.69) is 0 Å². The van der Waals surface area contributed by atoms with Gasteiger partial charge in [0.1, 0.15) is 5.75 Å². The van der Waals surface area contributed by atoms with E-state index in [-0.39, 0.29) is 0 Å². The van der Waals surface area contributed by atoms with Gasteiger partial charge in [-0.1, -0.05) is 0 Å². The van der Waals surface area contributed by atoms with E-state index in [4.69, 9.17) is 19.3 Å². The highest BCUT2D eigenvalue weighted by atomic mass is 16.5. The van der Waals surface area contributed by atoms with Crippen molar-refractivity contribution in [2.45, 2.75) is 19.4 Å². The van der Waals surface area contributed by atoms with Gasteiger partial charge in [0.2, 0.25) is 0 Å². The minimum absolute atomic E-state index is 0.412. The van der Waals surface area contributed by atoms with E-state index in [0.717, 1.165) is 0 Å². The van der Waals surface area contributed by atoms with Crippen LogP contribution in [0.1, 0.15) is 13.8 Å². The second-order valence-electron chi connectivity index (χ2n) is 3.93. The lowest BCUT2D eigenvalue weighted by molar-refractivity contribution is -0.152. The van der Waals surface area contributed by atoms with Crippen LogP contribution in [0.4, 0.5) is 0 Å². The molecule has 1 rings (SSSR count). The van der Waals surface area contributed by atoms with Gasteiger partial charge < -0.3 is 19.3 Å². The van der Waals surface area contributed by atoms with Crippen LogP contribution in [-0.4, -0.2) is 30.9 Å². The molecule has 0 saturated heterocycles. The Labute approximate surface area is 99.9 Å². The molecule has 0 aromatic heterocycles. The Morgan fingerprint density at radius 2 is 1.76 bits per heavy atom. The van der Waals surface area contributed by atoms with Crippen molar-refractivity contribution in [3.63, 3.8) is 0 Å². The summed E-state index contributed by atoms with van der Waals surface area (Å²) >= 11 is 0. The third-order valence-corrected chi connectivity index (χ3v) is 2.24. The molecule has 94 valence electrons. The molecule has 0 spiro atoms. The van der Waals surface area contributed by atoms with E-state index in [1.54, 1.807) is 18.2 Å². The largest absolute Gasteiger partial charge is 0.493 e.